The first-order chi connectivity index (χ1) is 10.1. The Hall–Kier alpha value is -0.690. The first-order valence-electron chi connectivity index (χ1n) is 7.34. The van der Waals surface area contributed by atoms with Crippen LogP contribution in [0, 0.1) is 5.82 Å². The fourth-order valence-corrected chi connectivity index (χ4v) is 3.43. The molecule has 2 aliphatic heterocycles. The Kier molecular flexibility index (Phi) is 6.20. The first-order valence-corrected chi connectivity index (χ1v) is 8.13. The molecular formula is C15H20BrClFN3O. The minimum atomic E-state index is -0.453. The van der Waals surface area contributed by atoms with Gasteiger partial charge in [-0.1, -0.05) is 15.9 Å². The van der Waals surface area contributed by atoms with Crippen molar-refractivity contribution in [3.05, 3.63) is 34.1 Å². The minimum Gasteiger partial charge on any atom is -0.336 e. The zero-order valence-corrected chi connectivity index (χ0v) is 14.6. The van der Waals surface area contributed by atoms with Crippen LogP contribution in [0.25, 0.3) is 0 Å². The molecular weight excluding hydrogens is 373 g/mol. The van der Waals surface area contributed by atoms with E-state index in [-0.39, 0.29) is 23.9 Å². The molecule has 0 aliphatic carbocycles. The predicted octanol–water partition coefficient (Wildman–Crippen LogP) is 2.13. The molecule has 2 heterocycles. The number of piperazine rings is 1. The molecule has 2 fully saturated rings. The van der Waals surface area contributed by atoms with E-state index in [1.165, 1.54) is 12.5 Å². The Balaban J connectivity index is 0.00000176. The summed E-state index contributed by atoms with van der Waals surface area (Å²) in [5.74, 6) is -0.663. The number of benzene rings is 1. The van der Waals surface area contributed by atoms with Gasteiger partial charge < -0.3 is 10.2 Å². The van der Waals surface area contributed by atoms with Gasteiger partial charge in [-0.05, 0) is 31.2 Å². The average molecular weight is 393 g/mol. The molecule has 4 nitrogen and oxygen atoms in total. The lowest BCUT2D eigenvalue weighted by molar-refractivity contribution is 0.0579. The van der Waals surface area contributed by atoms with E-state index in [1.807, 2.05) is 0 Å². The molecule has 2 aliphatic rings. The van der Waals surface area contributed by atoms with Crippen LogP contribution in [0.2, 0.25) is 0 Å². The van der Waals surface area contributed by atoms with E-state index in [2.05, 4.69) is 26.1 Å². The van der Waals surface area contributed by atoms with Crippen molar-refractivity contribution in [2.45, 2.75) is 12.5 Å². The van der Waals surface area contributed by atoms with Crippen molar-refractivity contribution in [3.8, 4) is 0 Å². The molecule has 1 N–H and O–H groups in total. The van der Waals surface area contributed by atoms with Gasteiger partial charge in [0.25, 0.3) is 5.91 Å². The molecule has 1 atom stereocenters. The molecule has 1 aromatic carbocycles. The van der Waals surface area contributed by atoms with Crippen LogP contribution in [0.3, 0.4) is 0 Å². The molecule has 1 amide bonds. The number of hydrogen-bond donors (Lipinski definition) is 1. The maximum atomic E-state index is 13.8. The molecule has 0 radical (unpaired) electrons. The molecule has 0 bridgehead atoms. The van der Waals surface area contributed by atoms with Crippen LogP contribution in [-0.4, -0.2) is 61.0 Å². The fourth-order valence-electron chi connectivity index (χ4n) is 3.07. The van der Waals surface area contributed by atoms with Crippen LogP contribution in [0.5, 0.6) is 0 Å². The van der Waals surface area contributed by atoms with E-state index in [4.69, 9.17) is 0 Å². The standard InChI is InChI=1S/C15H19BrFN3O.ClH/c16-11-1-2-14(17)13(9-11)15(21)20-7-5-19(6-8-20)12-3-4-18-10-12;/h1-2,9,12,18H,3-8,10H2;1H. The van der Waals surface area contributed by atoms with Crippen LogP contribution < -0.4 is 5.32 Å². The number of hydrogen-bond acceptors (Lipinski definition) is 3. The predicted molar refractivity (Wildman–Crippen MR) is 90.1 cm³/mol. The van der Waals surface area contributed by atoms with Gasteiger partial charge in [-0.2, -0.15) is 0 Å². The molecule has 0 aromatic heterocycles. The quantitative estimate of drug-likeness (QED) is 0.837. The molecule has 3 rings (SSSR count). The Morgan fingerprint density at radius 3 is 2.64 bits per heavy atom. The summed E-state index contributed by atoms with van der Waals surface area (Å²) >= 11 is 3.29. The molecule has 7 heteroatoms. The molecule has 1 unspecified atom stereocenters. The number of nitrogens with one attached hydrogen (secondary N) is 1. The van der Waals surface area contributed by atoms with E-state index in [0.29, 0.717) is 19.1 Å². The van der Waals surface area contributed by atoms with Crippen molar-refractivity contribution in [2.24, 2.45) is 0 Å². The Morgan fingerprint density at radius 2 is 2.00 bits per heavy atom. The van der Waals surface area contributed by atoms with Gasteiger partial charge in [-0.3, -0.25) is 9.69 Å². The largest absolute Gasteiger partial charge is 0.336 e. The third kappa shape index (κ3) is 3.79. The normalized spacial score (nSPS) is 22.5. The van der Waals surface area contributed by atoms with Gasteiger partial charge in [-0.25, -0.2) is 4.39 Å². The summed E-state index contributed by atoms with van der Waals surface area (Å²) < 4.78 is 14.5. The van der Waals surface area contributed by atoms with Crippen molar-refractivity contribution in [1.29, 1.82) is 0 Å². The smallest absolute Gasteiger partial charge is 0.256 e. The summed E-state index contributed by atoms with van der Waals surface area (Å²) in [6.07, 6.45) is 1.17. The van der Waals surface area contributed by atoms with Crippen molar-refractivity contribution < 1.29 is 9.18 Å². The second-order valence-electron chi connectivity index (χ2n) is 5.60. The highest BCUT2D eigenvalue weighted by Gasteiger charge is 2.28. The molecule has 0 spiro atoms. The zero-order chi connectivity index (χ0) is 14.8. The third-order valence-electron chi connectivity index (χ3n) is 4.31. The Bertz CT molecular complexity index is 532. The molecule has 22 heavy (non-hydrogen) atoms. The lowest BCUT2D eigenvalue weighted by atomic mass is 10.1. The highest BCUT2D eigenvalue weighted by Crippen LogP contribution is 2.19. The number of carbonyl (C=O) groups is 1. The lowest BCUT2D eigenvalue weighted by Gasteiger charge is -2.37. The summed E-state index contributed by atoms with van der Waals surface area (Å²) in [5, 5.41) is 3.37. The van der Waals surface area contributed by atoms with Gasteiger partial charge in [0.05, 0.1) is 5.56 Å². The van der Waals surface area contributed by atoms with Crippen molar-refractivity contribution >= 4 is 34.2 Å². The number of rotatable bonds is 2. The highest BCUT2D eigenvalue weighted by atomic mass is 79.9. The monoisotopic (exact) mass is 391 g/mol. The highest BCUT2D eigenvalue weighted by molar-refractivity contribution is 9.10. The van der Waals surface area contributed by atoms with E-state index in [0.717, 1.165) is 30.7 Å². The average Bonchev–Trinajstić information content (AvgIpc) is 3.03. The van der Waals surface area contributed by atoms with E-state index >= 15 is 0 Å². The van der Waals surface area contributed by atoms with Gasteiger partial charge in [0.15, 0.2) is 0 Å². The number of halogens is 3. The van der Waals surface area contributed by atoms with E-state index in [9.17, 15) is 9.18 Å². The second kappa shape index (κ2) is 7.73. The zero-order valence-electron chi connectivity index (χ0n) is 12.2. The van der Waals surface area contributed by atoms with Gasteiger partial charge in [0.2, 0.25) is 0 Å². The summed E-state index contributed by atoms with van der Waals surface area (Å²) in [6, 6.07) is 5.09. The number of nitrogens with zero attached hydrogens (tertiary/aromatic N) is 2. The second-order valence-corrected chi connectivity index (χ2v) is 6.51. The Morgan fingerprint density at radius 1 is 1.27 bits per heavy atom. The molecule has 2 saturated heterocycles. The van der Waals surface area contributed by atoms with Crippen LogP contribution in [-0.2, 0) is 0 Å². The van der Waals surface area contributed by atoms with Crippen molar-refractivity contribution in [1.82, 2.24) is 15.1 Å². The van der Waals surface area contributed by atoms with E-state index < -0.39 is 5.82 Å². The van der Waals surface area contributed by atoms with Crippen LogP contribution in [0.15, 0.2) is 22.7 Å². The lowest BCUT2D eigenvalue weighted by Crippen LogP contribution is -2.52. The van der Waals surface area contributed by atoms with Crippen LogP contribution in [0.1, 0.15) is 16.8 Å². The molecule has 122 valence electrons. The fraction of sp³-hybridized carbons (Fsp3) is 0.533. The van der Waals surface area contributed by atoms with Gasteiger partial charge in [0, 0.05) is 43.2 Å². The van der Waals surface area contributed by atoms with E-state index in [1.54, 1.807) is 17.0 Å². The summed E-state index contributed by atoms with van der Waals surface area (Å²) in [5.41, 5.74) is 0.153. The number of amides is 1. The summed E-state index contributed by atoms with van der Waals surface area (Å²) in [4.78, 5) is 16.6. The summed E-state index contributed by atoms with van der Waals surface area (Å²) in [6.45, 7) is 5.19. The van der Waals surface area contributed by atoms with Gasteiger partial charge >= 0.3 is 0 Å². The van der Waals surface area contributed by atoms with Crippen LogP contribution in [0.4, 0.5) is 4.39 Å². The number of carbonyl (C=O) groups excluding carboxylic acids is 1. The van der Waals surface area contributed by atoms with Gasteiger partial charge in [-0.15, -0.1) is 12.4 Å². The SMILES string of the molecule is Cl.O=C(c1cc(Br)ccc1F)N1CCN(C2CCNC2)CC1. The minimum absolute atomic E-state index is 0. The van der Waals surface area contributed by atoms with Gasteiger partial charge in [0.1, 0.15) is 5.82 Å². The van der Waals surface area contributed by atoms with Crippen LogP contribution >= 0.6 is 28.3 Å². The van der Waals surface area contributed by atoms with Crippen molar-refractivity contribution in [2.75, 3.05) is 39.3 Å². The van der Waals surface area contributed by atoms with Crippen molar-refractivity contribution in [3.63, 3.8) is 0 Å². The Labute approximate surface area is 144 Å². The maximum Gasteiger partial charge on any atom is 0.256 e. The molecule has 0 saturated carbocycles. The molecule has 1 aromatic rings. The first kappa shape index (κ1) is 17.7. The topological polar surface area (TPSA) is 35.6 Å². The maximum absolute atomic E-state index is 13.8. The summed E-state index contributed by atoms with van der Waals surface area (Å²) in [7, 11) is 0. The third-order valence-corrected chi connectivity index (χ3v) is 4.80.